The normalized spacial score (nSPS) is 11.1. The van der Waals surface area contributed by atoms with Crippen molar-refractivity contribution in [3.63, 3.8) is 0 Å². The van der Waals surface area contributed by atoms with Gasteiger partial charge in [0.05, 0.1) is 12.8 Å². The predicted octanol–water partition coefficient (Wildman–Crippen LogP) is 5.48. The molecule has 0 saturated heterocycles. The van der Waals surface area contributed by atoms with Crippen molar-refractivity contribution < 1.29 is 9.53 Å². The number of carbonyl (C=O) groups excluding carboxylic acids is 1. The van der Waals surface area contributed by atoms with Gasteiger partial charge in [-0.2, -0.15) is 0 Å². The summed E-state index contributed by atoms with van der Waals surface area (Å²) in [5.74, 6) is 0.635. The maximum atomic E-state index is 13.0. The molecule has 29 heavy (non-hydrogen) atoms. The van der Waals surface area contributed by atoms with Gasteiger partial charge in [-0.3, -0.25) is 9.20 Å². The quantitative estimate of drug-likeness (QED) is 0.436. The second-order valence-electron chi connectivity index (χ2n) is 6.61. The molecular formula is C23H17N3O2S. The van der Waals surface area contributed by atoms with Crippen LogP contribution < -0.4 is 10.1 Å². The Morgan fingerprint density at radius 3 is 2.66 bits per heavy atom. The van der Waals surface area contributed by atoms with Crippen LogP contribution in [0.4, 0.5) is 5.69 Å². The van der Waals surface area contributed by atoms with E-state index >= 15 is 0 Å². The van der Waals surface area contributed by atoms with Crippen LogP contribution in [0.3, 0.4) is 0 Å². The van der Waals surface area contributed by atoms with Crippen molar-refractivity contribution >= 4 is 38.7 Å². The van der Waals surface area contributed by atoms with Gasteiger partial charge in [0, 0.05) is 28.2 Å². The zero-order valence-corrected chi connectivity index (χ0v) is 16.4. The molecule has 3 aromatic carbocycles. The molecule has 0 atom stereocenters. The number of benzene rings is 3. The molecule has 0 aliphatic heterocycles. The molecule has 2 aromatic heterocycles. The first-order valence-electron chi connectivity index (χ1n) is 9.13. The lowest BCUT2D eigenvalue weighted by Gasteiger charge is -2.08. The molecule has 2 heterocycles. The maximum absolute atomic E-state index is 13.0. The topological polar surface area (TPSA) is 55.6 Å². The number of rotatable bonds is 4. The van der Waals surface area contributed by atoms with Crippen LogP contribution in [0, 0.1) is 0 Å². The third kappa shape index (κ3) is 3.13. The molecule has 1 amide bonds. The van der Waals surface area contributed by atoms with Gasteiger partial charge in [0.15, 0.2) is 4.96 Å². The fourth-order valence-electron chi connectivity index (χ4n) is 3.37. The van der Waals surface area contributed by atoms with E-state index in [-0.39, 0.29) is 5.91 Å². The van der Waals surface area contributed by atoms with Crippen LogP contribution in [0.2, 0.25) is 0 Å². The number of thiazole rings is 1. The lowest BCUT2D eigenvalue weighted by Crippen LogP contribution is -2.14. The summed E-state index contributed by atoms with van der Waals surface area (Å²) in [6, 6.07) is 21.6. The van der Waals surface area contributed by atoms with Gasteiger partial charge in [0.2, 0.25) is 0 Å². The number of nitrogens with zero attached hydrogens (tertiary/aromatic N) is 2. The van der Waals surface area contributed by atoms with Crippen LogP contribution in [0.15, 0.2) is 78.3 Å². The average molecular weight is 399 g/mol. The number of methoxy groups -OCH3 is 1. The van der Waals surface area contributed by atoms with Crippen molar-refractivity contribution in [2.24, 2.45) is 0 Å². The number of hydrogen-bond acceptors (Lipinski definition) is 4. The summed E-state index contributed by atoms with van der Waals surface area (Å²) >= 11 is 1.45. The first-order chi connectivity index (χ1) is 14.2. The van der Waals surface area contributed by atoms with Crippen LogP contribution in [-0.4, -0.2) is 22.4 Å². The summed E-state index contributed by atoms with van der Waals surface area (Å²) in [5.41, 5.74) is 3.15. The number of nitrogens with one attached hydrogen (secondary N) is 1. The molecular weight excluding hydrogens is 382 g/mol. The van der Waals surface area contributed by atoms with Gasteiger partial charge in [-0.25, -0.2) is 4.98 Å². The third-order valence-corrected chi connectivity index (χ3v) is 5.71. The van der Waals surface area contributed by atoms with Crippen molar-refractivity contribution in [2.75, 3.05) is 12.4 Å². The van der Waals surface area contributed by atoms with Crippen molar-refractivity contribution in [1.29, 1.82) is 0 Å². The first-order valence-corrected chi connectivity index (χ1v) is 10.0. The second kappa shape index (κ2) is 7.07. The number of fused-ring (bicyclic) bond motifs is 2. The molecule has 5 rings (SSSR count). The Bertz CT molecular complexity index is 1330. The lowest BCUT2D eigenvalue weighted by molar-refractivity contribution is 0.102. The van der Waals surface area contributed by atoms with Crippen LogP contribution >= 0.6 is 11.3 Å². The number of amides is 1. The van der Waals surface area contributed by atoms with Gasteiger partial charge in [-0.05, 0) is 35.7 Å². The molecule has 1 N–H and O–H groups in total. The zero-order valence-electron chi connectivity index (χ0n) is 15.6. The van der Waals surface area contributed by atoms with Gasteiger partial charge in [-0.15, -0.1) is 11.3 Å². The third-order valence-electron chi connectivity index (χ3n) is 4.87. The number of ether oxygens (including phenoxy) is 1. The molecule has 5 aromatic rings. The van der Waals surface area contributed by atoms with E-state index in [1.165, 1.54) is 11.3 Å². The van der Waals surface area contributed by atoms with E-state index in [1.807, 2.05) is 82.7 Å². The number of imidazole rings is 1. The lowest BCUT2D eigenvalue weighted by atomic mass is 10.1. The summed E-state index contributed by atoms with van der Waals surface area (Å²) in [7, 11) is 1.64. The number of carbonyl (C=O) groups is 1. The maximum Gasteiger partial charge on any atom is 0.273 e. The highest BCUT2D eigenvalue weighted by Gasteiger charge is 2.16. The minimum absolute atomic E-state index is 0.161. The van der Waals surface area contributed by atoms with Crippen LogP contribution in [0.1, 0.15) is 10.5 Å². The molecule has 142 valence electrons. The fraction of sp³-hybridized carbons (Fsp3) is 0.0435. The summed E-state index contributed by atoms with van der Waals surface area (Å²) in [6.45, 7) is 0. The standard InChI is InChI=1S/C23H17N3O2S/c1-28-17-11-9-16(10-12-17)20-13-26-21(14-29-23(26)25-20)22(27)24-19-8-4-6-15-5-2-3-7-18(15)19/h2-14H,1H3,(H,24,27). The second-order valence-corrected chi connectivity index (χ2v) is 7.45. The molecule has 5 nitrogen and oxygen atoms in total. The molecule has 6 heteroatoms. The van der Waals surface area contributed by atoms with Crippen molar-refractivity contribution in [3.05, 3.63) is 84.0 Å². The minimum atomic E-state index is -0.161. The van der Waals surface area contributed by atoms with E-state index in [2.05, 4.69) is 10.3 Å². The highest BCUT2D eigenvalue weighted by atomic mass is 32.1. The van der Waals surface area contributed by atoms with Crippen LogP contribution in [0.25, 0.3) is 27.0 Å². The Morgan fingerprint density at radius 2 is 1.83 bits per heavy atom. The smallest absolute Gasteiger partial charge is 0.273 e. The van der Waals surface area contributed by atoms with Crippen molar-refractivity contribution in [3.8, 4) is 17.0 Å². The zero-order chi connectivity index (χ0) is 19.8. The average Bonchev–Trinajstić information content (AvgIpc) is 3.35. The van der Waals surface area contributed by atoms with E-state index in [4.69, 9.17) is 4.74 Å². The van der Waals surface area contributed by atoms with Gasteiger partial charge in [0.1, 0.15) is 11.4 Å². The molecule has 0 spiro atoms. The molecule has 0 fully saturated rings. The van der Waals surface area contributed by atoms with E-state index in [9.17, 15) is 4.79 Å². The van der Waals surface area contributed by atoms with E-state index in [0.717, 1.165) is 38.4 Å². The molecule has 0 bridgehead atoms. The monoisotopic (exact) mass is 399 g/mol. The van der Waals surface area contributed by atoms with E-state index < -0.39 is 0 Å². The van der Waals surface area contributed by atoms with Crippen LogP contribution in [-0.2, 0) is 0 Å². The fourth-order valence-corrected chi connectivity index (χ4v) is 4.22. The Hall–Kier alpha value is -3.64. The van der Waals surface area contributed by atoms with E-state index in [0.29, 0.717) is 5.69 Å². The Balaban J connectivity index is 1.48. The summed E-state index contributed by atoms with van der Waals surface area (Å²) in [4.78, 5) is 18.4. The first kappa shape index (κ1) is 17.5. The predicted molar refractivity (Wildman–Crippen MR) is 117 cm³/mol. The molecule has 0 unspecified atom stereocenters. The summed E-state index contributed by atoms with van der Waals surface area (Å²) < 4.78 is 7.05. The van der Waals surface area contributed by atoms with Gasteiger partial charge in [0.25, 0.3) is 5.91 Å². The molecule has 0 aliphatic carbocycles. The van der Waals surface area contributed by atoms with E-state index in [1.54, 1.807) is 7.11 Å². The number of anilines is 1. The summed E-state index contributed by atoms with van der Waals surface area (Å²) in [5, 5.41) is 6.98. The van der Waals surface area contributed by atoms with Gasteiger partial charge < -0.3 is 10.1 Å². The van der Waals surface area contributed by atoms with Crippen molar-refractivity contribution in [1.82, 2.24) is 9.38 Å². The summed E-state index contributed by atoms with van der Waals surface area (Å²) in [6.07, 6.45) is 1.89. The highest BCUT2D eigenvalue weighted by Crippen LogP contribution is 2.27. The van der Waals surface area contributed by atoms with Gasteiger partial charge >= 0.3 is 0 Å². The van der Waals surface area contributed by atoms with Crippen molar-refractivity contribution in [2.45, 2.75) is 0 Å². The number of hydrogen-bond donors (Lipinski definition) is 1. The number of aromatic nitrogens is 2. The Kier molecular flexibility index (Phi) is 4.26. The van der Waals surface area contributed by atoms with Crippen LogP contribution in [0.5, 0.6) is 5.75 Å². The minimum Gasteiger partial charge on any atom is -0.497 e. The Labute approximate surface area is 171 Å². The highest BCUT2D eigenvalue weighted by molar-refractivity contribution is 7.15. The largest absolute Gasteiger partial charge is 0.497 e. The molecule has 0 aliphatic rings. The van der Waals surface area contributed by atoms with Gasteiger partial charge in [-0.1, -0.05) is 36.4 Å². The molecule has 0 saturated carbocycles. The molecule has 0 radical (unpaired) electrons. The SMILES string of the molecule is COc1ccc(-c2cn3c(C(=O)Nc4cccc5ccccc45)csc3n2)cc1. The Morgan fingerprint density at radius 1 is 1.03 bits per heavy atom.